The molecule has 0 N–H and O–H groups in total. The van der Waals surface area contributed by atoms with Crippen LogP contribution in [0.2, 0.25) is 0 Å². The molecule has 0 spiro atoms. The van der Waals surface area contributed by atoms with Crippen molar-refractivity contribution in [1.29, 1.82) is 0 Å². The molecular formula is C7H17N2O. The van der Waals surface area contributed by atoms with Crippen LogP contribution in [0.15, 0.2) is 0 Å². The highest BCUT2D eigenvalue weighted by Gasteiger charge is 2.03. The van der Waals surface area contributed by atoms with Crippen LogP contribution in [-0.2, 0) is 4.84 Å². The molecule has 3 nitrogen and oxygen atoms in total. The standard InChI is InChI=1S/C7H17N2O/c1-5-6-8-10-7(2)9(3)4/h7H,5-6H2,1-4H3. The molecule has 0 saturated carbocycles. The van der Waals surface area contributed by atoms with Gasteiger partial charge in [-0.15, -0.1) is 0 Å². The quantitative estimate of drug-likeness (QED) is 0.325. The zero-order valence-electron chi connectivity index (χ0n) is 7.29. The number of hydroxylamine groups is 1. The number of nitrogens with zero attached hydrogens (tertiary/aromatic N) is 2. The van der Waals surface area contributed by atoms with Crippen molar-refractivity contribution in [2.45, 2.75) is 26.5 Å². The van der Waals surface area contributed by atoms with Crippen LogP contribution in [0.3, 0.4) is 0 Å². The largest absolute Gasteiger partial charge is 0.283 e. The molecule has 0 aromatic carbocycles. The Morgan fingerprint density at radius 1 is 1.50 bits per heavy atom. The monoisotopic (exact) mass is 145 g/mol. The van der Waals surface area contributed by atoms with E-state index >= 15 is 0 Å². The molecule has 0 amide bonds. The molecule has 0 rings (SSSR count). The first-order valence-electron chi connectivity index (χ1n) is 3.67. The van der Waals surface area contributed by atoms with Gasteiger partial charge in [0.1, 0.15) is 6.23 Å². The predicted octanol–water partition coefficient (Wildman–Crippen LogP) is 0.840. The SMILES string of the molecule is CCC[N]OC(C)N(C)C. The zero-order valence-corrected chi connectivity index (χ0v) is 7.29. The van der Waals surface area contributed by atoms with Crippen molar-refractivity contribution in [2.75, 3.05) is 20.6 Å². The average Bonchev–Trinajstić information content (AvgIpc) is 1.88. The summed E-state index contributed by atoms with van der Waals surface area (Å²) < 4.78 is 0. The van der Waals surface area contributed by atoms with E-state index in [1.807, 2.05) is 25.9 Å². The Balaban J connectivity index is 3.13. The summed E-state index contributed by atoms with van der Waals surface area (Å²) in [4.78, 5) is 7.07. The lowest BCUT2D eigenvalue weighted by molar-refractivity contribution is -0.0874. The maximum absolute atomic E-state index is 5.09. The molecule has 0 fully saturated rings. The van der Waals surface area contributed by atoms with E-state index in [1.165, 1.54) is 0 Å². The molecule has 0 bridgehead atoms. The van der Waals surface area contributed by atoms with Crippen LogP contribution in [-0.4, -0.2) is 31.8 Å². The van der Waals surface area contributed by atoms with Gasteiger partial charge in [-0.3, -0.25) is 9.74 Å². The van der Waals surface area contributed by atoms with E-state index in [0.29, 0.717) is 0 Å². The Hall–Kier alpha value is -0.120. The molecular weight excluding hydrogens is 128 g/mol. The third-order valence-corrected chi connectivity index (χ3v) is 1.27. The first kappa shape index (κ1) is 9.88. The summed E-state index contributed by atoms with van der Waals surface area (Å²) >= 11 is 0. The highest BCUT2D eigenvalue weighted by atomic mass is 16.7. The fourth-order valence-corrected chi connectivity index (χ4v) is 0.346. The number of rotatable bonds is 5. The van der Waals surface area contributed by atoms with Crippen molar-refractivity contribution in [2.24, 2.45) is 0 Å². The van der Waals surface area contributed by atoms with Crippen LogP contribution in [0.1, 0.15) is 20.3 Å². The summed E-state index contributed by atoms with van der Waals surface area (Å²) in [5.74, 6) is 0. The third kappa shape index (κ3) is 4.73. The third-order valence-electron chi connectivity index (χ3n) is 1.27. The van der Waals surface area contributed by atoms with Crippen LogP contribution in [0.5, 0.6) is 0 Å². The Morgan fingerprint density at radius 3 is 2.50 bits per heavy atom. The van der Waals surface area contributed by atoms with Gasteiger partial charge in [0.15, 0.2) is 0 Å². The molecule has 0 heterocycles. The van der Waals surface area contributed by atoms with Crippen molar-refractivity contribution >= 4 is 0 Å². The summed E-state index contributed by atoms with van der Waals surface area (Å²) in [6.07, 6.45) is 1.13. The van der Waals surface area contributed by atoms with Gasteiger partial charge in [-0.05, 0) is 27.4 Å². The van der Waals surface area contributed by atoms with E-state index in [-0.39, 0.29) is 6.23 Å². The maximum atomic E-state index is 5.09. The molecule has 0 saturated heterocycles. The second-order valence-corrected chi connectivity index (χ2v) is 2.52. The second kappa shape index (κ2) is 5.65. The number of hydrogen-bond acceptors (Lipinski definition) is 2. The average molecular weight is 145 g/mol. The van der Waals surface area contributed by atoms with Gasteiger partial charge >= 0.3 is 0 Å². The lowest BCUT2D eigenvalue weighted by atomic mass is 10.5. The zero-order chi connectivity index (χ0) is 7.98. The lowest BCUT2D eigenvalue weighted by Gasteiger charge is -2.18. The van der Waals surface area contributed by atoms with Gasteiger partial charge in [-0.2, -0.15) is 0 Å². The summed E-state index contributed by atoms with van der Waals surface area (Å²) in [6, 6.07) is 0. The molecule has 0 aromatic heterocycles. The summed E-state index contributed by atoms with van der Waals surface area (Å²) in [5.41, 5.74) is 3.87. The van der Waals surface area contributed by atoms with E-state index in [9.17, 15) is 0 Å². The fourth-order valence-electron chi connectivity index (χ4n) is 0.346. The van der Waals surface area contributed by atoms with Crippen LogP contribution < -0.4 is 5.48 Å². The molecule has 1 atom stereocenters. The van der Waals surface area contributed by atoms with Crippen molar-refractivity contribution in [1.82, 2.24) is 10.4 Å². The molecule has 3 heteroatoms. The minimum atomic E-state index is 0.0894. The van der Waals surface area contributed by atoms with E-state index < -0.39 is 0 Å². The topological polar surface area (TPSA) is 26.6 Å². The second-order valence-electron chi connectivity index (χ2n) is 2.52. The van der Waals surface area contributed by atoms with Gasteiger partial charge in [-0.25, -0.2) is 0 Å². The van der Waals surface area contributed by atoms with E-state index in [1.54, 1.807) is 0 Å². The molecule has 1 unspecified atom stereocenters. The van der Waals surface area contributed by atoms with E-state index in [0.717, 1.165) is 13.0 Å². The normalized spacial score (nSPS) is 14.1. The Bertz CT molecular complexity index is 76.0. The van der Waals surface area contributed by atoms with Crippen LogP contribution in [0.25, 0.3) is 0 Å². The van der Waals surface area contributed by atoms with Crippen LogP contribution in [0, 0.1) is 0 Å². The fraction of sp³-hybridized carbons (Fsp3) is 1.00. The highest BCUT2D eigenvalue weighted by Crippen LogP contribution is 1.91. The van der Waals surface area contributed by atoms with Crippen molar-refractivity contribution < 1.29 is 4.84 Å². The Labute approximate surface area is 63.3 Å². The summed E-state index contributed by atoms with van der Waals surface area (Å²) in [6.45, 7) is 4.84. The Kier molecular flexibility index (Phi) is 5.58. The smallest absolute Gasteiger partial charge is 0.130 e. The van der Waals surface area contributed by atoms with Crippen molar-refractivity contribution in [3.05, 3.63) is 0 Å². The van der Waals surface area contributed by atoms with Gasteiger partial charge in [0.25, 0.3) is 0 Å². The predicted molar refractivity (Wildman–Crippen MR) is 41.5 cm³/mol. The molecule has 0 aromatic rings. The first-order chi connectivity index (χ1) is 4.68. The molecule has 10 heavy (non-hydrogen) atoms. The summed E-state index contributed by atoms with van der Waals surface area (Å²) in [5, 5.41) is 0. The number of hydrogen-bond donors (Lipinski definition) is 0. The lowest BCUT2D eigenvalue weighted by Crippen LogP contribution is -2.30. The van der Waals surface area contributed by atoms with E-state index in [2.05, 4.69) is 12.4 Å². The van der Waals surface area contributed by atoms with Crippen molar-refractivity contribution in [3.63, 3.8) is 0 Å². The van der Waals surface area contributed by atoms with Gasteiger partial charge in [0.2, 0.25) is 0 Å². The van der Waals surface area contributed by atoms with Crippen LogP contribution >= 0.6 is 0 Å². The van der Waals surface area contributed by atoms with Gasteiger partial charge < -0.3 is 0 Å². The minimum Gasteiger partial charge on any atom is -0.283 e. The molecule has 0 aliphatic rings. The Morgan fingerprint density at radius 2 is 2.10 bits per heavy atom. The van der Waals surface area contributed by atoms with Gasteiger partial charge in [0.05, 0.1) is 0 Å². The maximum Gasteiger partial charge on any atom is 0.130 e. The van der Waals surface area contributed by atoms with Gasteiger partial charge in [-0.1, -0.05) is 12.4 Å². The first-order valence-corrected chi connectivity index (χ1v) is 3.67. The molecule has 1 radical (unpaired) electrons. The van der Waals surface area contributed by atoms with Crippen molar-refractivity contribution in [3.8, 4) is 0 Å². The molecule has 0 aliphatic carbocycles. The summed E-state index contributed by atoms with van der Waals surface area (Å²) in [7, 11) is 3.93. The van der Waals surface area contributed by atoms with Gasteiger partial charge in [0, 0.05) is 6.54 Å². The molecule has 0 aliphatic heterocycles. The molecule has 61 valence electrons. The highest BCUT2D eigenvalue weighted by molar-refractivity contribution is 4.41. The van der Waals surface area contributed by atoms with Crippen LogP contribution in [0.4, 0.5) is 0 Å². The van der Waals surface area contributed by atoms with E-state index in [4.69, 9.17) is 4.84 Å². The minimum absolute atomic E-state index is 0.0894.